The molecule has 3 rings (SSSR count). The van der Waals surface area contributed by atoms with Crippen LogP contribution < -0.4 is 5.32 Å². The Morgan fingerprint density at radius 2 is 2.27 bits per heavy atom. The van der Waals surface area contributed by atoms with E-state index in [1.165, 1.54) is 12.0 Å². The van der Waals surface area contributed by atoms with Crippen LogP contribution in [0.2, 0.25) is 0 Å². The second-order valence-electron chi connectivity index (χ2n) is 6.33. The minimum atomic E-state index is 0.0138. The summed E-state index contributed by atoms with van der Waals surface area (Å²) < 4.78 is 0. The lowest BCUT2D eigenvalue weighted by Crippen LogP contribution is -2.51. The number of rotatable bonds is 4. The maximum Gasteiger partial charge on any atom is 0.237 e. The van der Waals surface area contributed by atoms with E-state index in [0.29, 0.717) is 6.04 Å². The maximum atomic E-state index is 12.7. The van der Waals surface area contributed by atoms with Crippen LogP contribution >= 0.6 is 0 Å². The van der Waals surface area contributed by atoms with Gasteiger partial charge in [0.1, 0.15) is 0 Å². The van der Waals surface area contributed by atoms with Gasteiger partial charge in [0.25, 0.3) is 0 Å². The highest BCUT2D eigenvalue weighted by molar-refractivity contribution is 5.82. The number of nitrogens with one attached hydrogen (secondary N) is 1. The Morgan fingerprint density at radius 3 is 3.05 bits per heavy atom. The van der Waals surface area contributed by atoms with Crippen molar-refractivity contribution in [3.05, 3.63) is 42.2 Å². The zero-order valence-corrected chi connectivity index (χ0v) is 13.1. The maximum absolute atomic E-state index is 12.7. The van der Waals surface area contributed by atoms with Gasteiger partial charge in [-0.3, -0.25) is 14.7 Å². The summed E-state index contributed by atoms with van der Waals surface area (Å²) in [6.45, 7) is 1.81. The molecule has 2 heterocycles. The fourth-order valence-electron chi connectivity index (χ4n) is 3.43. The molecule has 0 saturated carbocycles. The minimum Gasteiger partial charge on any atom is -0.352 e. The molecular weight excluding hydrogens is 274 g/mol. The average Bonchev–Trinajstić information content (AvgIpc) is 2.57. The lowest BCUT2D eigenvalue weighted by atomic mass is 9.98. The van der Waals surface area contributed by atoms with Crippen molar-refractivity contribution in [2.75, 3.05) is 6.54 Å². The van der Waals surface area contributed by atoms with Gasteiger partial charge in [0.15, 0.2) is 0 Å². The van der Waals surface area contributed by atoms with Gasteiger partial charge in [-0.25, -0.2) is 0 Å². The predicted molar refractivity (Wildman–Crippen MR) is 87.2 cm³/mol. The topological polar surface area (TPSA) is 45.2 Å². The van der Waals surface area contributed by atoms with Gasteiger partial charge in [-0.05, 0) is 50.3 Å². The van der Waals surface area contributed by atoms with Gasteiger partial charge < -0.3 is 5.32 Å². The van der Waals surface area contributed by atoms with E-state index in [9.17, 15) is 4.79 Å². The second-order valence-corrected chi connectivity index (χ2v) is 6.33. The van der Waals surface area contributed by atoms with E-state index in [1.807, 2.05) is 12.3 Å². The first-order chi connectivity index (χ1) is 10.8. The van der Waals surface area contributed by atoms with Crippen molar-refractivity contribution in [1.29, 1.82) is 0 Å². The number of hydrogen-bond donors (Lipinski definition) is 1. The largest absolute Gasteiger partial charge is 0.352 e. The molecule has 4 nitrogen and oxygen atoms in total. The number of pyridine rings is 1. The van der Waals surface area contributed by atoms with Gasteiger partial charge in [-0.2, -0.15) is 0 Å². The summed E-state index contributed by atoms with van der Waals surface area (Å²) in [6, 6.07) is 4.38. The third-order valence-electron chi connectivity index (χ3n) is 4.64. The molecule has 1 N–H and O–H groups in total. The van der Waals surface area contributed by atoms with Crippen LogP contribution in [0.4, 0.5) is 0 Å². The van der Waals surface area contributed by atoms with Crippen molar-refractivity contribution in [3.63, 3.8) is 0 Å². The normalized spacial score (nSPS) is 25.8. The summed E-state index contributed by atoms with van der Waals surface area (Å²) in [6.07, 6.45) is 14.5. The number of carbonyl (C=O) groups excluding carboxylic acids is 1. The molecule has 2 atom stereocenters. The van der Waals surface area contributed by atoms with E-state index < -0.39 is 0 Å². The number of carbonyl (C=O) groups is 1. The molecule has 0 spiro atoms. The van der Waals surface area contributed by atoms with Gasteiger partial charge in [-0.15, -0.1) is 0 Å². The van der Waals surface area contributed by atoms with Crippen LogP contribution in [-0.2, 0) is 11.3 Å². The van der Waals surface area contributed by atoms with Crippen LogP contribution in [0.1, 0.15) is 44.1 Å². The van der Waals surface area contributed by atoms with Crippen LogP contribution in [0.25, 0.3) is 0 Å². The Kier molecular flexibility index (Phi) is 5.22. The quantitative estimate of drug-likeness (QED) is 0.869. The summed E-state index contributed by atoms with van der Waals surface area (Å²) in [4.78, 5) is 19.2. The first-order valence-corrected chi connectivity index (χ1v) is 8.41. The molecule has 22 heavy (non-hydrogen) atoms. The van der Waals surface area contributed by atoms with Gasteiger partial charge in [0, 0.05) is 25.0 Å². The predicted octanol–water partition coefficient (Wildman–Crippen LogP) is 2.66. The highest BCUT2D eigenvalue weighted by atomic mass is 16.2. The SMILES string of the molecule is O=C(NC1CC=CCC1)C1CCCCN1Cc1cccnc1. The van der Waals surface area contributed by atoms with E-state index in [0.717, 1.165) is 45.2 Å². The number of allylic oxidation sites excluding steroid dienone is 1. The highest BCUT2D eigenvalue weighted by Crippen LogP contribution is 2.20. The second kappa shape index (κ2) is 7.54. The number of likely N-dealkylation sites (tertiary alicyclic amines) is 1. The molecule has 1 aliphatic carbocycles. The van der Waals surface area contributed by atoms with Gasteiger partial charge >= 0.3 is 0 Å². The number of aromatic nitrogens is 1. The van der Waals surface area contributed by atoms with E-state index in [1.54, 1.807) is 6.20 Å². The van der Waals surface area contributed by atoms with E-state index in [-0.39, 0.29) is 11.9 Å². The molecule has 1 aromatic rings. The number of nitrogens with zero attached hydrogens (tertiary/aromatic N) is 2. The molecule has 0 radical (unpaired) electrons. The summed E-state index contributed by atoms with van der Waals surface area (Å²) >= 11 is 0. The first kappa shape index (κ1) is 15.2. The summed E-state index contributed by atoms with van der Waals surface area (Å²) in [5.41, 5.74) is 1.18. The van der Waals surface area contributed by atoms with Crippen LogP contribution in [0.15, 0.2) is 36.7 Å². The molecule has 1 fully saturated rings. The molecule has 2 aliphatic rings. The van der Waals surface area contributed by atoms with Gasteiger partial charge in [0.05, 0.1) is 6.04 Å². The third kappa shape index (κ3) is 3.95. The smallest absolute Gasteiger partial charge is 0.237 e. The number of hydrogen-bond acceptors (Lipinski definition) is 3. The van der Waals surface area contributed by atoms with Gasteiger partial charge in [-0.1, -0.05) is 24.6 Å². The monoisotopic (exact) mass is 299 g/mol. The highest BCUT2D eigenvalue weighted by Gasteiger charge is 2.29. The Balaban J connectivity index is 1.61. The minimum absolute atomic E-state index is 0.0138. The van der Waals surface area contributed by atoms with Crippen molar-refractivity contribution in [1.82, 2.24) is 15.2 Å². The van der Waals surface area contributed by atoms with Crippen LogP contribution in [-0.4, -0.2) is 34.4 Å². The number of amides is 1. The van der Waals surface area contributed by atoms with E-state index in [2.05, 4.69) is 33.4 Å². The van der Waals surface area contributed by atoms with Crippen LogP contribution in [0.3, 0.4) is 0 Å². The Bertz CT molecular complexity index is 514. The first-order valence-electron chi connectivity index (χ1n) is 8.41. The molecule has 1 amide bonds. The standard InChI is InChI=1S/C18H25N3O/c22-18(20-16-8-2-1-3-9-16)17-10-4-5-12-21(17)14-15-7-6-11-19-13-15/h1-2,6-7,11,13,16-17H,3-5,8-10,12,14H2,(H,20,22). The fraction of sp³-hybridized carbons (Fsp3) is 0.556. The van der Waals surface area contributed by atoms with Crippen molar-refractivity contribution in [2.24, 2.45) is 0 Å². The molecule has 2 unspecified atom stereocenters. The fourth-order valence-corrected chi connectivity index (χ4v) is 3.43. The van der Waals surface area contributed by atoms with Crippen molar-refractivity contribution < 1.29 is 4.79 Å². The third-order valence-corrected chi connectivity index (χ3v) is 4.64. The number of piperidine rings is 1. The molecule has 0 bridgehead atoms. The van der Waals surface area contributed by atoms with Crippen LogP contribution in [0.5, 0.6) is 0 Å². The van der Waals surface area contributed by atoms with Crippen molar-refractivity contribution in [3.8, 4) is 0 Å². The lowest BCUT2D eigenvalue weighted by molar-refractivity contribution is -0.128. The molecule has 1 aromatic heterocycles. The Hall–Kier alpha value is -1.68. The van der Waals surface area contributed by atoms with E-state index in [4.69, 9.17) is 0 Å². The zero-order chi connectivity index (χ0) is 15.2. The molecule has 1 aliphatic heterocycles. The summed E-state index contributed by atoms with van der Waals surface area (Å²) in [5, 5.41) is 3.26. The summed E-state index contributed by atoms with van der Waals surface area (Å²) in [7, 11) is 0. The van der Waals surface area contributed by atoms with E-state index >= 15 is 0 Å². The van der Waals surface area contributed by atoms with Crippen molar-refractivity contribution in [2.45, 2.75) is 57.2 Å². The van der Waals surface area contributed by atoms with Crippen LogP contribution in [0, 0.1) is 0 Å². The Labute approximate surface area is 132 Å². The lowest BCUT2D eigenvalue weighted by Gasteiger charge is -2.35. The molecule has 4 heteroatoms. The molecular formula is C18H25N3O. The van der Waals surface area contributed by atoms with Crippen molar-refractivity contribution >= 4 is 5.91 Å². The molecule has 1 saturated heterocycles. The van der Waals surface area contributed by atoms with Gasteiger partial charge in [0.2, 0.25) is 5.91 Å². The molecule has 0 aromatic carbocycles. The summed E-state index contributed by atoms with van der Waals surface area (Å²) in [5.74, 6) is 0.212. The average molecular weight is 299 g/mol. The molecule has 118 valence electrons. The zero-order valence-electron chi connectivity index (χ0n) is 13.1. The Morgan fingerprint density at radius 1 is 1.32 bits per heavy atom.